The predicted molar refractivity (Wildman–Crippen MR) is 63.9 cm³/mol. The Morgan fingerprint density at radius 3 is 2.69 bits per heavy atom. The van der Waals surface area contributed by atoms with E-state index in [4.69, 9.17) is 4.74 Å². The van der Waals surface area contributed by atoms with Crippen LogP contribution in [0.2, 0.25) is 0 Å². The summed E-state index contributed by atoms with van der Waals surface area (Å²) >= 11 is 0. The van der Waals surface area contributed by atoms with Crippen molar-refractivity contribution in [1.82, 2.24) is 4.98 Å². The lowest BCUT2D eigenvalue weighted by Gasteiger charge is -2.04. The number of unbranched alkanes of at least 4 members (excludes halogenated alkanes) is 3. The van der Waals surface area contributed by atoms with Gasteiger partial charge in [0, 0.05) is 17.8 Å². The predicted octanol–water partition coefficient (Wildman–Crippen LogP) is 3.24. The first-order valence-corrected chi connectivity index (χ1v) is 5.84. The van der Waals surface area contributed by atoms with E-state index in [-0.39, 0.29) is 5.78 Å². The van der Waals surface area contributed by atoms with Gasteiger partial charge in [-0.15, -0.1) is 0 Å². The Kier molecular flexibility index (Phi) is 5.54. The van der Waals surface area contributed by atoms with Crippen molar-refractivity contribution in [2.75, 3.05) is 6.61 Å². The minimum Gasteiger partial charge on any atom is -0.478 e. The van der Waals surface area contributed by atoms with E-state index in [9.17, 15) is 4.79 Å². The summed E-state index contributed by atoms with van der Waals surface area (Å²) in [6.07, 6.45) is 6.29. The molecule has 0 radical (unpaired) electrons. The number of pyridine rings is 1. The fourth-order valence-corrected chi connectivity index (χ4v) is 1.38. The second-order valence-electron chi connectivity index (χ2n) is 3.85. The van der Waals surface area contributed by atoms with Crippen LogP contribution in [0.1, 0.15) is 49.9 Å². The lowest BCUT2D eigenvalue weighted by molar-refractivity contribution is 0.101. The average molecular weight is 221 g/mol. The Balaban J connectivity index is 2.29. The lowest BCUT2D eigenvalue weighted by Crippen LogP contribution is -2.00. The summed E-state index contributed by atoms with van der Waals surface area (Å²) < 4.78 is 5.46. The number of hydrogen-bond acceptors (Lipinski definition) is 3. The third-order valence-corrected chi connectivity index (χ3v) is 2.39. The van der Waals surface area contributed by atoms with E-state index in [2.05, 4.69) is 11.9 Å². The Morgan fingerprint density at radius 1 is 1.31 bits per heavy atom. The molecule has 88 valence electrons. The molecule has 3 nitrogen and oxygen atoms in total. The van der Waals surface area contributed by atoms with Gasteiger partial charge in [-0.2, -0.15) is 0 Å². The highest BCUT2D eigenvalue weighted by atomic mass is 16.5. The SMILES string of the molecule is CCCCCCOc1ccc(C(C)=O)cn1. The first-order valence-electron chi connectivity index (χ1n) is 5.84. The lowest BCUT2D eigenvalue weighted by atomic mass is 10.2. The Labute approximate surface area is 96.8 Å². The first-order chi connectivity index (χ1) is 7.74. The van der Waals surface area contributed by atoms with Crippen molar-refractivity contribution in [1.29, 1.82) is 0 Å². The van der Waals surface area contributed by atoms with Crippen LogP contribution in [0.15, 0.2) is 18.3 Å². The Bertz CT molecular complexity index is 319. The summed E-state index contributed by atoms with van der Waals surface area (Å²) in [6.45, 7) is 4.41. The molecule has 1 aromatic heterocycles. The van der Waals surface area contributed by atoms with Crippen LogP contribution in [0.4, 0.5) is 0 Å². The number of ketones is 1. The summed E-state index contributed by atoms with van der Waals surface area (Å²) in [6, 6.07) is 3.49. The molecule has 0 bridgehead atoms. The van der Waals surface area contributed by atoms with Crippen molar-refractivity contribution >= 4 is 5.78 Å². The third kappa shape index (κ3) is 4.43. The normalized spacial score (nSPS) is 10.1. The maximum absolute atomic E-state index is 11.0. The fourth-order valence-electron chi connectivity index (χ4n) is 1.38. The van der Waals surface area contributed by atoms with Crippen molar-refractivity contribution in [3.63, 3.8) is 0 Å². The minimum absolute atomic E-state index is 0.0296. The number of Topliss-reactive ketones (excluding diaryl/α,β-unsaturated/α-hetero) is 1. The van der Waals surface area contributed by atoms with Gasteiger partial charge in [0.1, 0.15) is 0 Å². The monoisotopic (exact) mass is 221 g/mol. The molecule has 0 N–H and O–H groups in total. The van der Waals surface area contributed by atoms with Gasteiger partial charge >= 0.3 is 0 Å². The third-order valence-electron chi connectivity index (χ3n) is 2.39. The van der Waals surface area contributed by atoms with Crippen molar-refractivity contribution < 1.29 is 9.53 Å². The van der Waals surface area contributed by atoms with Gasteiger partial charge in [-0.05, 0) is 19.4 Å². The molecule has 1 aromatic rings. The van der Waals surface area contributed by atoms with Gasteiger partial charge in [-0.1, -0.05) is 26.2 Å². The summed E-state index contributed by atoms with van der Waals surface area (Å²) in [4.78, 5) is 15.1. The van der Waals surface area contributed by atoms with Crippen LogP contribution in [-0.4, -0.2) is 17.4 Å². The van der Waals surface area contributed by atoms with Crippen LogP contribution in [0, 0.1) is 0 Å². The molecule has 16 heavy (non-hydrogen) atoms. The fraction of sp³-hybridized carbons (Fsp3) is 0.538. The number of ether oxygens (including phenoxy) is 1. The van der Waals surface area contributed by atoms with E-state index in [0.29, 0.717) is 18.1 Å². The van der Waals surface area contributed by atoms with E-state index in [0.717, 1.165) is 6.42 Å². The average Bonchev–Trinajstić information content (AvgIpc) is 2.29. The van der Waals surface area contributed by atoms with Crippen LogP contribution >= 0.6 is 0 Å². The van der Waals surface area contributed by atoms with Crippen LogP contribution in [0.3, 0.4) is 0 Å². The van der Waals surface area contributed by atoms with E-state index in [1.807, 2.05) is 0 Å². The van der Waals surface area contributed by atoms with Crippen molar-refractivity contribution in [2.24, 2.45) is 0 Å². The summed E-state index contributed by atoms with van der Waals surface area (Å²) in [5, 5.41) is 0. The second-order valence-corrected chi connectivity index (χ2v) is 3.85. The molecule has 1 heterocycles. The zero-order chi connectivity index (χ0) is 11.8. The number of hydrogen-bond donors (Lipinski definition) is 0. The van der Waals surface area contributed by atoms with Crippen LogP contribution in [-0.2, 0) is 0 Å². The summed E-state index contributed by atoms with van der Waals surface area (Å²) in [5.41, 5.74) is 0.623. The number of nitrogens with zero attached hydrogens (tertiary/aromatic N) is 1. The molecule has 0 saturated heterocycles. The molecule has 0 amide bonds. The highest BCUT2D eigenvalue weighted by molar-refractivity contribution is 5.93. The molecule has 0 unspecified atom stereocenters. The molecular formula is C13H19NO2. The van der Waals surface area contributed by atoms with E-state index >= 15 is 0 Å². The molecule has 0 spiro atoms. The molecule has 0 aliphatic rings. The summed E-state index contributed by atoms with van der Waals surface area (Å²) in [5.74, 6) is 0.628. The minimum atomic E-state index is 0.0296. The zero-order valence-electron chi connectivity index (χ0n) is 10.0. The zero-order valence-corrected chi connectivity index (χ0v) is 10.0. The van der Waals surface area contributed by atoms with Crippen LogP contribution < -0.4 is 4.74 Å². The molecule has 0 saturated carbocycles. The molecule has 0 atom stereocenters. The highest BCUT2D eigenvalue weighted by Gasteiger charge is 2.00. The summed E-state index contributed by atoms with van der Waals surface area (Å²) in [7, 11) is 0. The van der Waals surface area contributed by atoms with E-state index in [1.54, 1.807) is 18.3 Å². The van der Waals surface area contributed by atoms with Gasteiger partial charge in [0.2, 0.25) is 5.88 Å². The van der Waals surface area contributed by atoms with Crippen molar-refractivity contribution in [3.8, 4) is 5.88 Å². The number of carbonyl (C=O) groups is 1. The Morgan fingerprint density at radius 2 is 2.12 bits per heavy atom. The van der Waals surface area contributed by atoms with E-state index in [1.165, 1.54) is 26.2 Å². The largest absolute Gasteiger partial charge is 0.478 e. The van der Waals surface area contributed by atoms with Gasteiger partial charge in [0.05, 0.1) is 6.61 Å². The van der Waals surface area contributed by atoms with Crippen LogP contribution in [0.5, 0.6) is 5.88 Å². The maximum atomic E-state index is 11.0. The molecule has 0 aliphatic heterocycles. The molecule has 3 heteroatoms. The van der Waals surface area contributed by atoms with Gasteiger partial charge in [0.25, 0.3) is 0 Å². The molecular weight excluding hydrogens is 202 g/mol. The quantitative estimate of drug-likeness (QED) is 0.524. The first kappa shape index (κ1) is 12.7. The van der Waals surface area contributed by atoms with Gasteiger partial charge in [0.15, 0.2) is 5.78 Å². The van der Waals surface area contributed by atoms with Crippen LogP contribution in [0.25, 0.3) is 0 Å². The second kappa shape index (κ2) is 6.99. The van der Waals surface area contributed by atoms with Crippen molar-refractivity contribution in [2.45, 2.75) is 39.5 Å². The standard InChI is InChI=1S/C13H19NO2/c1-3-4-5-6-9-16-13-8-7-12(10-14-13)11(2)15/h7-8,10H,3-6,9H2,1-2H3. The molecule has 1 rings (SSSR count). The molecule has 0 aromatic carbocycles. The van der Waals surface area contributed by atoms with Gasteiger partial charge in [-0.3, -0.25) is 4.79 Å². The smallest absolute Gasteiger partial charge is 0.213 e. The topological polar surface area (TPSA) is 39.2 Å². The Hall–Kier alpha value is -1.38. The number of carbonyl (C=O) groups excluding carboxylic acids is 1. The number of rotatable bonds is 7. The molecule has 0 aliphatic carbocycles. The van der Waals surface area contributed by atoms with E-state index < -0.39 is 0 Å². The van der Waals surface area contributed by atoms with Gasteiger partial charge in [-0.25, -0.2) is 4.98 Å². The highest BCUT2D eigenvalue weighted by Crippen LogP contribution is 2.09. The van der Waals surface area contributed by atoms with Gasteiger partial charge < -0.3 is 4.74 Å². The maximum Gasteiger partial charge on any atom is 0.213 e. The molecule has 0 fully saturated rings. The number of aromatic nitrogens is 1. The van der Waals surface area contributed by atoms with Crippen molar-refractivity contribution in [3.05, 3.63) is 23.9 Å².